The Hall–Kier alpha value is -2.09. The lowest BCUT2D eigenvalue weighted by Crippen LogP contribution is -2.00. The second kappa shape index (κ2) is 4.83. The molecule has 0 aliphatic carbocycles. The van der Waals surface area contributed by atoms with Crippen LogP contribution in [0, 0.1) is 17.0 Å². The smallest absolute Gasteiger partial charge is 0.331 e. The molecule has 2 aromatic heterocycles. The zero-order valence-electron chi connectivity index (χ0n) is 8.86. The second-order valence-corrected chi connectivity index (χ2v) is 4.14. The minimum Gasteiger partial charge on any atom is -0.467 e. The second-order valence-electron chi connectivity index (χ2n) is 3.27. The highest BCUT2D eigenvalue weighted by molar-refractivity contribution is 7.05. The van der Waals surface area contributed by atoms with E-state index >= 15 is 0 Å². The Labute approximate surface area is 100 Å². The lowest BCUT2D eigenvalue weighted by Gasteiger charge is -2.03. The highest BCUT2D eigenvalue weighted by Gasteiger charge is 2.17. The van der Waals surface area contributed by atoms with Crippen LogP contribution in [0.25, 0.3) is 0 Å². The fourth-order valence-electron chi connectivity index (χ4n) is 1.17. The highest BCUT2D eigenvalue weighted by Crippen LogP contribution is 2.25. The van der Waals surface area contributed by atoms with Crippen LogP contribution in [0.2, 0.25) is 0 Å². The van der Waals surface area contributed by atoms with Gasteiger partial charge in [0.05, 0.1) is 16.0 Å². The van der Waals surface area contributed by atoms with Gasteiger partial charge in [0.1, 0.15) is 6.61 Å². The molecule has 0 unspecified atom stereocenters. The van der Waals surface area contributed by atoms with Gasteiger partial charge in [-0.1, -0.05) is 4.49 Å². The number of hydrogen-bond donors (Lipinski definition) is 0. The predicted molar refractivity (Wildman–Crippen MR) is 59.9 cm³/mol. The number of aromatic nitrogens is 3. The Morgan fingerprint density at radius 3 is 3.00 bits per heavy atom. The molecule has 2 aromatic rings. The van der Waals surface area contributed by atoms with Gasteiger partial charge < -0.3 is 4.74 Å². The maximum atomic E-state index is 10.8. The standard InChI is InChI=1S/C9H8N4O3S/c1-6-2-8(13(14)15)9(10-3-6)16-5-7-4-11-12-17-7/h2-4H,5H2,1H3. The van der Waals surface area contributed by atoms with Crippen molar-refractivity contribution in [1.29, 1.82) is 0 Å². The molecule has 17 heavy (non-hydrogen) atoms. The molecule has 2 heterocycles. The van der Waals surface area contributed by atoms with Gasteiger partial charge in [-0.2, -0.15) is 0 Å². The third kappa shape index (κ3) is 2.72. The fraction of sp³-hybridized carbons (Fsp3) is 0.222. The average molecular weight is 252 g/mol. The van der Waals surface area contributed by atoms with E-state index < -0.39 is 4.92 Å². The Balaban J connectivity index is 2.17. The number of aryl methyl sites for hydroxylation is 1. The van der Waals surface area contributed by atoms with Crippen LogP contribution < -0.4 is 4.74 Å². The summed E-state index contributed by atoms with van der Waals surface area (Å²) in [5.41, 5.74) is 0.575. The van der Waals surface area contributed by atoms with E-state index in [9.17, 15) is 10.1 Å². The van der Waals surface area contributed by atoms with Gasteiger partial charge in [0, 0.05) is 12.3 Å². The first-order valence-electron chi connectivity index (χ1n) is 4.67. The van der Waals surface area contributed by atoms with Gasteiger partial charge in [-0.05, 0) is 24.0 Å². The minimum absolute atomic E-state index is 0.00833. The number of nitro groups is 1. The summed E-state index contributed by atoms with van der Waals surface area (Å²) in [5, 5.41) is 14.4. The van der Waals surface area contributed by atoms with E-state index in [-0.39, 0.29) is 18.2 Å². The first kappa shape index (κ1) is 11.4. The van der Waals surface area contributed by atoms with Gasteiger partial charge in [-0.15, -0.1) is 5.10 Å². The van der Waals surface area contributed by atoms with Gasteiger partial charge in [0.25, 0.3) is 5.88 Å². The summed E-state index contributed by atoms with van der Waals surface area (Å²) in [6.07, 6.45) is 3.07. The summed E-state index contributed by atoms with van der Waals surface area (Å²) in [7, 11) is 0. The minimum atomic E-state index is -0.514. The van der Waals surface area contributed by atoms with Crippen molar-refractivity contribution in [2.75, 3.05) is 0 Å². The van der Waals surface area contributed by atoms with Crippen LogP contribution in [0.5, 0.6) is 5.88 Å². The molecule has 0 atom stereocenters. The Morgan fingerprint density at radius 2 is 2.35 bits per heavy atom. The normalized spacial score (nSPS) is 10.2. The van der Waals surface area contributed by atoms with Gasteiger partial charge in [-0.3, -0.25) is 10.1 Å². The topological polar surface area (TPSA) is 91.0 Å². The third-order valence-electron chi connectivity index (χ3n) is 1.92. The van der Waals surface area contributed by atoms with Crippen LogP contribution in [0.4, 0.5) is 5.69 Å². The first-order valence-corrected chi connectivity index (χ1v) is 5.44. The Kier molecular flexibility index (Phi) is 3.24. The molecule has 0 radical (unpaired) electrons. The Morgan fingerprint density at radius 1 is 1.53 bits per heavy atom. The maximum absolute atomic E-state index is 10.8. The molecule has 2 rings (SSSR count). The molecule has 8 heteroatoms. The summed E-state index contributed by atoms with van der Waals surface area (Å²) in [6, 6.07) is 1.42. The van der Waals surface area contributed by atoms with Crippen molar-refractivity contribution >= 4 is 17.2 Å². The van der Waals surface area contributed by atoms with Crippen molar-refractivity contribution in [2.45, 2.75) is 13.5 Å². The first-order chi connectivity index (χ1) is 8.16. The molecule has 0 aromatic carbocycles. The van der Waals surface area contributed by atoms with Crippen molar-refractivity contribution in [3.8, 4) is 5.88 Å². The van der Waals surface area contributed by atoms with Crippen molar-refractivity contribution in [3.05, 3.63) is 39.0 Å². The highest BCUT2D eigenvalue weighted by atomic mass is 32.1. The summed E-state index contributed by atoms with van der Waals surface area (Å²) < 4.78 is 8.94. The van der Waals surface area contributed by atoms with Crippen LogP contribution >= 0.6 is 11.5 Å². The Bertz CT molecular complexity index is 529. The SMILES string of the molecule is Cc1cnc(OCc2cnns2)c([N+](=O)[O-])c1. The molecule has 0 bridgehead atoms. The molecule has 0 aliphatic rings. The molecule has 0 spiro atoms. The van der Waals surface area contributed by atoms with Crippen LogP contribution in [-0.2, 0) is 6.61 Å². The molecule has 0 amide bonds. The lowest BCUT2D eigenvalue weighted by atomic mass is 10.3. The van der Waals surface area contributed by atoms with Crippen LogP contribution in [-0.4, -0.2) is 19.5 Å². The number of nitrogens with zero attached hydrogens (tertiary/aromatic N) is 4. The van der Waals surface area contributed by atoms with Crippen LogP contribution in [0.1, 0.15) is 10.4 Å². The molecule has 0 aliphatic heterocycles. The van der Waals surface area contributed by atoms with E-state index in [1.54, 1.807) is 13.1 Å². The third-order valence-corrected chi connectivity index (χ3v) is 2.56. The van der Waals surface area contributed by atoms with E-state index in [4.69, 9.17) is 4.74 Å². The van der Waals surface area contributed by atoms with E-state index in [1.165, 1.54) is 23.8 Å². The monoisotopic (exact) mass is 252 g/mol. The fourth-order valence-corrected chi connectivity index (χ4v) is 1.58. The van der Waals surface area contributed by atoms with E-state index in [0.29, 0.717) is 5.56 Å². The van der Waals surface area contributed by atoms with Crippen LogP contribution in [0.15, 0.2) is 18.5 Å². The van der Waals surface area contributed by atoms with E-state index in [2.05, 4.69) is 14.6 Å². The number of ether oxygens (including phenoxy) is 1. The maximum Gasteiger partial charge on any atom is 0.331 e. The summed E-state index contributed by atoms with van der Waals surface area (Å²) in [4.78, 5) is 15.0. The van der Waals surface area contributed by atoms with Crippen molar-refractivity contribution in [2.24, 2.45) is 0 Å². The van der Waals surface area contributed by atoms with Crippen molar-refractivity contribution < 1.29 is 9.66 Å². The van der Waals surface area contributed by atoms with Gasteiger partial charge in [0.15, 0.2) is 0 Å². The predicted octanol–water partition coefficient (Wildman–Crippen LogP) is 1.73. The summed E-state index contributed by atoms with van der Waals surface area (Å²) in [5.74, 6) is 0.00833. The molecular weight excluding hydrogens is 244 g/mol. The van der Waals surface area contributed by atoms with Crippen molar-refractivity contribution in [1.82, 2.24) is 14.6 Å². The van der Waals surface area contributed by atoms with E-state index in [1.807, 2.05) is 0 Å². The van der Waals surface area contributed by atoms with E-state index in [0.717, 1.165) is 4.88 Å². The van der Waals surface area contributed by atoms with Gasteiger partial charge in [0.2, 0.25) is 0 Å². The summed E-state index contributed by atoms with van der Waals surface area (Å²) in [6.45, 7) is 1.91. The largest absolute Gasteiger partial charge is 0.467 e. The quantitative estimate of drug-likeness (QED) is 0.607. The zero-order chi connectivity index (χ0) is 12.3. The molecule has 0 saturated heterocycles. The van der Waals surface area contributed by atoms with Gasteiger partial charge >= 0.3 is 5.69 Å². The molecule has 7 nitrogen and oxygen atoms in total. The number of pyridine rings is 1. The molecule has 0 fully saturated rings. The summed E-state index contributed by atoms with van der Waals surface area (Å²) >= 11 is 1.18. The average Bonchev–Trinajstić information content (AvgIpc) is 2.80. The molecule has 88 valence electrons. The number of hydrogen-bond acceptors (Lipinski definition) is 7. The zero-order valence-corrected chi connectivity index (χ0v) is 9.68. The van der Waals surface area contributed by atoms with Gasteiger partial charge in [-0.25, -0.2) is 4.98 Å². The van der Waals surface area contributed by atoms with Crippen LogP contribution in [0.3, 0.4) is 0 Å². The molecular formula is C9H8N4O3S. The lowest BCUT2D eigenvalue weighted by molar-refractivity contribution is -0.386. The number of rotatable bonds is 4. The molecule has 0 N–H and O–H groups in total. The van der Waals surface area contributed by atoms with Crippen molar-refractivity contribution in [3.63, 3.8) is 0 Å². The molecule has 0 saturated carbocycles.